The van der Waals surface area contributed by atoms with Crippen molar-refractivity contribution in [2.75, 3.05) is 0 Å². The van der Waals surface area contributed by atoms with Gasteiger partial charge in [-0.25, -0.2) is 0 Å². The van der Waals surface area contributed by atoms with Gasteiger partial charge in [-0.15, -0.1) is 0 Å². The van der Waals surface area contributed by atoms with Gasteiger partial charge in [0.2, 0.25) is 0 Å². The zero-order chi connectivity index (χ0) is 21.5. The van der Waals surface area contributed by atoms with Gasteiger partial charge < -0.3 is 0 Å². The number of allylic oxidation sites excluding steroid dienone is 4. The zero-order valence-electron chi connectivity index (χ0n) is 18.2. The number of fused-ring (bicyclic) bond motifs is 2. The molecular formula is C32H24. The quantitative estimate of drug-likeness (QED) is 0.343. The van der Waals surface area contributed by atoms with Crippen LogP contribution in [0.1, 0.15) is 34.2 Å². The highest BCUT2D eigenvalue weighted by atomic mass is 14.2. The molecular weight excluding hydrogens is 384 g/mol. The molecule has 0 saturated heterocycles. The molecule has 0 unspecified atom stereocenters. The van der Waals surface area contributed by atoms with Gasteiger partial charge >= 0.3 is 0 Å². The van der Waals surface area contributed by atoms with Crippen molar-refractivity contribution in [2.45, 2.75) is 13.3 Å². The summed E-state index contributed by atoms with van der Waals surface area (Å²) in [5, 5.41) is 5.35. The van der Waals surface area contributed by atoms with E-state index >= 15 is 0 Å². The van der Waals surface area contributed by atoms with Crippen LogP contribution in [0.5, 0.6) is 0 Å². The fourth-order valence-electron chi connectivity index (χ4n) is 5.18. The van der Waals surface area contributed by atoms with Crippen LogP contribution in [0.2, 0.25) is 0 Å². The van der Waals surface area contributed by atoms with Gasteiger partial charge in [-0.3, -0.25) is 0 Å². The number of rotatable bonds is 3. The van der Waals surface area contributed by atoms with Crippen LogP contribution in [0.4, 0.5) is 0 Å². The molecule has 0 bridgehead atoms. The van der Waals surface area contributed by atoms with E-state index in [9.17, 15) is 0 Å². The third-order valence-electron chi connectivity index (χ3n) is 6.58. The molecule has 32 heavy (non-hydrogen) atoms. The largest absolute Gasteiger partial charge is 0.0801 e. The summed E-state index contributed by atoms with van der Waals surface area (Å²) in [6.07, 6.45) is 10.1. The maximum Gasteiger partial charge on any atom is -0.00298 e. The summed E-state index contributed by atoms with van der Waals surface area (Å²) in [4.78, 5) is 0. The Hall–Kier alpha value is -3.90. The first-order valence-electron chi connectivity index (χ1n) is 11.3. The third-order valence-corrected chi connectivity index (χ3v) is 6.58. The van der Waals surface area contributed by atoms with Crippen LogP contribution < -0.4 is 10.4 Å². The summed E-state index contributed by atoms with van der Waals surface area (Å²) in [5.74, 6) is 0. The predicted octanol–water partition coefficient (Wildman–Crippen LogP) is 6.01. The monoisotopic (exact) mass is 408 g/mol. The first-order valence-corrected chi connectivity index (χ1v) is 11.3. The second kappa shape index (κ2) is 7.66. The van der Waals surface area contributed by atoms with E-state index in [4.69, 9.17) is 0 Å². The summed E-state index contributed by atoms with van der Waals surface area (Å²) < 4.78 is 0. The average molecular weight is 409 g/mol. The van der Waals surface area contributed by atoms with Crippen molar-refractivity contribution in [2.24, 2.45) is 0 Å². The topological polar surface area (TPSA) is 0 Å². The van der Waals surface area contributed by atoms with Crippen LogP contribution in [0, 0.1) is 17.4 Å². The van der Waals surface area contributed by atoms with E-state index in [0.29, 0.717) is 0 Å². The molecule has 0 N–H and O–H groups in total. The summed E-state index contributed by atoms with van der Waals surface area (Å²) in [6, 6.07) is 32.8. The molecule has 0 saturated carbocycles. The van der Waals surface area contributed by atoms with Crippen molar-refractivity contribution < 1.29 is 0 Å². The van der Waals surface area contributed by atoms with Gasteiger partial charge in [0, 0.05) is 0 Å². The summed E-state index contributed by atoms with van der Waals surface area (Å²) in [7, 11) is 0. The highest BCUT2D eigenvalue weighted by Gasteiger charge is 2.19. The summed E-state index contributed by atoms with van der Waals surface area (Å²) >= 11 is 0. The Morgan fingerprint density at radius 1 is 0.719 bits per heavy atom. The Balaban J connectivity index is 1.86. The van der Waals surface area contributed by atoms with Gasteiger partial charge in [0.1, 0.15) is 0 Å². The lowest BCUT2D eigenvalue weighted by Gasteiger charge is -2.17. The molecule has 0 aliphatic heterocycles. The van der Waals surface area contributed by atoms with Crippen molar-refractivity contribution in [3.8, 4) is 0 Å². The average Bonchev–Trinajstić information content (AvgIpc) is 3.49. The smallest absolute Gasteiger partial charge is 0.00298 e. The summed E-state index contributed by atoms with van der Waals surface area (Å²) in [5.41, 5.74) is 9.26. The Labute approximate surface area is 188 Å². The first-order chi connectivity index (χ1) is 15.8. The summed E-state index contributed by atoms with van der Waals surface area (Å²) in [6.45, 7) is 2.27. The van der Waals surface area contributed by atoms with Crippen molar-refractivity contribution in [1.82, 2.24) is 0 Å². The van der Waals surface area contributed by atoms with E-state index in [-0.39, 0.29) is 0 Å². The van der Waals surface area contributed by atoms with Crippen LogP contribution in [0.15, 0.2) is 109 Å². The molecule has 0 aromatic heterocycles. The Kier molecular flexibility index (Phi) is 4.51. The number of aryl methyl sites for hydroxylation is 1. The van der Waals surface area contributed by atoms with E-state index in [1.807, 2.05) is 0 Å². The van der Waals surface area contributed by atoms with Crippen LogP contribution in [-0.2, 0) is 0 Å². The standard InChI is InChI=1S/C32H24/c1-22-20-28-27-19-11-10-18-26(27)21-29(28)32(25-16-8-9-17-25)30(22)31(23-12-4-2-5-13-23)24-14-6-3-7-15-24/h2-16,18-21H,17H2,1H3. The fraction of sp³-hybridized carbons (Fsp3) is 0.0625. The molecule has 0 nitrogen and oxygen atoms in total. The van der Waals surface area contributed by atoms with Crippen molar-refractivity contribution in [3.05, 3.63) is 158 Å². The molecule has 0 radical (unpaired) electrons. The maximum absolute atomic E-state index is 2.39. The molecule has 152 valence electrons. The van der Waals surface area contributed by atoms with E-state index < -0.39 is 0 Å². The predicted molar refractivity (Wildman–Crippen MR) is 134 cm³/mol. The minimum Gasteiger partial charge on any atom is -0.0801 e. The van der Waals surface area contributed by atoms with Gasteiger partial charge in [-0.1, -0.05) is 109 Å². The molecule has 4 aromatic carbocycles. The minimum absolute atomic E-state index is 0.976. The molecule has 0 spiro atoms. The van der Waals surface area contributed by atoms with E-state index in [0.717, 1.165) is 6.42 Å². The van der Waals surface area contributed by atoms with Crippen molar-refractivity contribution in [1.29, 1.82) is 0 Å². The normalized spacial score (nSPS) is 13.3. The Morgan fingerprint density at radius 3 is 2.03 bits per heavy atom. The molecule has 0 atom stereocenters. The molecule has 0 heterocycles. The molecule has 2 aliphatic rings. The molecule has 0 heteroatoms. The minimum atomic E-state index is 0.976. The van der Waals surface area contributed by atoms with Crippen LogP contribution in [0.3, 0.4) is 0 Å². The number of hydrogen-bond donors (Lipinski definition) is 0. The van der Waals surface area contributed by atoms with Crippen molar-refractivity contribution in [3.63, 3.8) is 0 Å². The van der Waals surface area contributed by atoms with Gasteiger partial charge in [0.05, 0.1) is 0 Å². The lowest BCUT2D eigenvalue weighted by atomic mass is 9.86. The van der Waals surface area contributed by atoms with E-state index in [2.05, 4.69) is 122 Å². The molecule has 4 aromatic rings. The third kappa shape index (κ3) is 2.99. The van der Waals surface area contributed by atoms with E-state index in [1.54, 1.807) is 0 Å². The molecule has 0 amide bonds. The second-order valence-corrected chi connectivity index (χ2v) is 8.57. The fourth-order valence-corrected chi connectivity index (χ4v) is 5.18. The highest BCUT2D eigenvalue weighted by molar-refractivity contribution is 5.87. The van der Waals surface area contributed by atoms with Gasteiger partial charge in [0.15, 0.2) is 0 Å². The Morgan fingerprint density at radius 2 is 1.38 bits per heavy atom. The highest BCUT2D eigenvalue weighted by Crippen LogP contribution is 2.30. The van der Waals surface area contributed by atoms with Crippen LogP contribution in [-0.4, -0.2) is 0 Å². The van der Waals surface area contributed by atoms with Crippen LogP contribution in [0.25, 0.3) is 17.2 Å². The number of hydrogen-bond acceptors (Lipinski definition) is 0. The van der Waals surface area contributed by atoms with Gasteiger partial charge in [-0.05, 0) is 79.3 Å². The SMILES string of the molecule is Cc1cc2c(c(C3=CC=CC3)c1=C(c1ccccc1)c1ccccc1)C=c1ccccc1=2. The second-order valence-electron chi connectivity index (χ2n) is 8.57. The molecule has 6 rings (SSSR count). The first kappa shape index (κ1) is 18.8. The lowest BCUT2D eigenvalue weighted by Crippen LogP contribution is -2.20. The molecule has 0 fully saturated rings. The Bertz CT molecular complexity index is 1580. The van der Waals surface area contributed by atoms with Gasteiger partial charge in [0.25, 0.3) is 0 Å². The molecule has 2 aliphatic carbocycles. The maximum atomic E-state index is 2.39. The van der Waals surface area contributed by atoms with Crippen molar-refractivity contribution >= 4 is 17.2 Å². The zero-order valence-corrected chi connectivity index (χ0v) is 18.2. The van der Waals surface area contributed by atoms with E-state index in [1.165, 1.54) is 59.8 Å². The lowest BCUT2D eigenvalue weighted by molar-refractivity contribution is 1.29. The number of benzene rings is 4. The van der Waals surface area contributed by atoms with Gasteiger partial charge in [-0.2, -0.15) is 0 Å². The van der Waals surface area contributed by atoms with Crippen LogP contribution >= 0.6 is 0 Å².